The second-order valence-electron chi connectivity index (χ2n) is 2.20. The van der Waals surface area contributed by atoms with Gasteiger partial charge >= 0.3 is 0 Å². The van der Waals surface area contributed by atoms with Crippen molar-refractivity contribution in [1.82, 2.24) is 0 Å². The molecule has 0 spiro atoms. The van der Waals surface area contributed by atoms with Gasteiger partial charge in [-0.1, -0.05) is 42.9 Å². The van der Waals surface area contributed by atoms with E-state index in [0.29, 0.717) is 0 Å². The highest BCUT2D eigenvalue weighted by Crippen LogP contribution is 2.09. The lowest BCUT2D eigenvalue weighted by atomic mass is 10.1. The van der Waals surface area contributed by atoms with Crippen LogP contribution in [0.15, 0.2) is 36.0 Å². The lowest BCUT2D eigenvalue weighted by molar-refractivity contribution is 1.03. The van der Waals surface area contributed by atoms with Crippen LogP contribution in [0, 0.1) is 0 Å². The largest absolute Gasteiger partial charge is 0.333 e. The average Bonchev–Trinajstić information content (AvgIpc) is 2.35. The summed E-state index contributed by atoms with van der Waals surface area (Å²) >= 11 is 0. The average molecular weight is 151 g/mol. The molecular formula is C10H17N. The third kappa shape index (κ3) is 4.57. The molecule has 0 heterocycles. The number of nitrogens with two attached hydrogens (primary N) is 1. The molecule has 0 saturated heterocycles. The Hall–Kier alpha value is -0.820. The minimum atomic E-state index is 1.13. The predicted octanol–water partition coefficient (Wildman–Crippen LogP) is 2.41. The molecular weight excluding hydrogens is 134 g/mol. The summed E-state index contributed by atoms with van der Waals surface area (Å²) in [6, 6.07) is 0. The van der Waals surface area contributed by atoms with E-state index < -0.39 is 0 Å². The summed E-state index contributed by atoms with van der Waals surface area (Å²) in [5, 5.41) is 0. The molecule has 1 aliphatic carbocycles. The van der Waals surface area contributed by atoms with Crippen molar-refractivity contribution in [1.29, 1.82) is 0 Å². The molecule has 0 saturated carbocycles. The van der Waals surface area contributed by atoms with Gasteiger partial charge in [0.05, 0.1) is 0 Å². The Balaban J connectivity index is 0.000000461. The maximum Gasteiger partial charge on any atom is -0.0133 e. The Bertz CT molecular complexity index is 164. The smallest absolute Gasteiger partial charge is 0.0133 e. The molecule has 0 aromatic heterocycles. The van der Waals surface area contributed by atoms with Crippen LogP contribution in [0.25, 0.3) is 0 Å². The van der Waals surface area contributed by atoms with Gasteiger partial charge in [-0.3, -0.25) is 0 Å². The third-order valence-corrected chi connectivity index (χ3v) is 1.52. The van der Waals surface area contributed by atoms with Crippen molar-refractivity contribution in [3.05, 3.63) is 36.0 Å². The molecule has 0 aliphatic heterocycles. The summed E-state index contributed by atoms with van der Waals surface area (Å²) in [6.07, 6.45) is 13.0. The molecule has 0 atom stereocenters. The minimum absolute atomic E-state index is 1.13. The van der Waals surface area contributed by atoms with Crippen molar-refractivity contribution < 1.29 is 0 Å². The molecule has 1 nitrogen and oxygen atoms in total. The van der Waals surface area contributed by atoms with Gasteiger partial charge in [0.2, 0.25) is 0 Å². The Kier molecular flexibility index (Phi) is 6.75. The lowest BCUT2D eigenvalue weighted by Crippen LogP contribution is -1.74. The number of hydrogen-bond donors (Lipinski definition) is 1. The van der Waals surface area contributed by atoms with Crippen LogP contribution < -0.4 is 5.73 Å². The SMILES string of the molecule is CCC1=CC=CC=CC1.CN. The van der Waals surface area contributed by atoms with E-state index >= 15 is 0 Å². The van der Waals surface area contributed by atoms with Crippen molar-refractivity contribution in [2.45, 2.75) is 19.8 Å². The van der Waals surface area contributed by atoms with Crippen LogP contribution in [-0.4, -0.2) is 7.05 Å². The topological polar surface area (TPSA) is 26.0 Å². The van der Waals surface area contributed by atoms with Gasteiger partial charge in [0.1, 0.15) is 0 Å². The Labute approximate surface area is 69.3 Å². The molecule has 2 N–H and O–H groups in total. The molecule has 0 aromatic carbocycles. The lowest BCUT2D eigenvalue weighted by Gasteiger charge is -1.94. The fourth-order valence-electron chi connectivity index (χ4n) is 0.884. The number of allylic oxidation sites excluding steroid dienone is 6. The summed E-state index contributed by atoms with van der Waals surface area (Å²) in [4.78, 5) is 0. The quantitative estimate of drug-likeness (QED) is 0.612. The molecule has 0 bridgehead atoms. The second-order valence-corrected chi connectivity index (χ2v) is 2.20. The van der Waals surface area contributed by atoms with E-state index in [1.165, 1.54) is 19.0 Å². The van der Waals surface area contributed by atoms with Gasteiger partial charge < -0.3 is 5.73 Å². The van der Waals surface area contributed by atoms with Gasteiger partial charge in [0, 0.05) is 0 Å². The molecule has 0 fully saturated rings. The zero-order chi connectivity index (χ0) is 8.53. The molecule has 0 unspecified atom stereocenters. The predicted molar refractivity (Wildman–Crippen MR) is 51.4 cm³/mol. The maximum atomic E-state index is 4.50. The Morgan fingerprint density at radius 2 is 2.00 bits per heavy atom. The molecule has 0 radical (unpaired) electrons. The first kappa shape index (κ1) is 10.2. The highest BCUT2D eigenvalue weighted by Gasteiger charge is 1.89. The number of hydrogen-bond acceptors (Lipinski definition) is 1. The van der Waals surface area contributed by atoms with E-state index in [2.05, 4.69) is 43.0 Å². The van der Waals surface area contributed by atoms with Crippen molar-refractivity contribution in [3.8, 4) is 0 Å². The fourth-order valence-corrected chi connectivity index (χ4v) is 0.884. The number of rotatable bonds is 1. The zero-order valence-electron chi connectivity index (χ0n) is 7.38. The van der Waals surface area contributed by atoms with Crippen molar-refractivity contribution >= 4 is 0 Å². The van der Waals surface area contributed by atoms with Crippen LogP contribution in [0.4, 0.5) is 0 Å². The molecule has 1 heteroatoms. The van der Waals surface area contributed by atoms with Crippen molar-refractivity contribution in [2.75, 3.05) is 7.05 Å². The van der Waals surface area contributed by atoms with Gasteiger partial charge in [0.15, 0.2) is 0 Å². The van der Waals surface area contributed by atoms with Crippen LogP contribution in [0.2, 0.25) is 0 Å². The first-order valence-electron chi connectivity index (χ1n) is 4.02. The van der Waals surface area contributed by atoms with E-state index in [4.69, 9.17) is 0 Å². The normalized spacial score (nSPS) is 14.6. The van der Waals surface area contributed by atoms with E-state index in [9.17, 15) is 0 Å². The summed E-state index contributed by atoms with van der Waals surface area (Å²) in [5.41, 5.74) is 6.01. The van der Waals surface area contributed by atoms with Gasteiger partial charge in [-0.2, -0.15) is 0 Å². The first-order chi connectivity index (χ1) is 5.43. The summed E-state index contributed by atoms with van der Waals surface area (Å²) in [5.74, 6) is 0. The molecule has 62 valence electrons. The third-order valence-electron chi connectivity index (χ3n) is 1.52. The standard InChI is InChI=1S/C9H12.CH5N/c1-2-9-7-5-3-4-6-8-9;1-2/h3-7H,2,8H2,1H3;2H2,1H3. The molecule has 0 aromatic rings. The molecule has 0 amide bonds. The van der Waals surface area contributed by atoms with Crippen LogP contribution in [0.5, 0.6) is 0 Å². The molecule has 1 rings (SSSR count). The Morgan fingerprint density at radius 3 is 2.64 bits per heavy atom. The van der Waals surface area contributed by atoms with Crippen molar-refractivity contribution in [3.63, 3.8) is 0 Å². The summed E-state index contributed by atoms with van der Waals surface area (Å²) in [6.45, 7) is 2.19. The van der Waals surface area contributed by atoms with Crippen LogP contribution in [0.1, 0.15) is 19.8 Å². The van der Waals surface area contributed by atoms with Crippen LogP contribution in [0.3, 0.4) is 0 Å². The van der Waals surface area contributed by atoms with E-state index in [1.807, 2.05) is 0 Å². The van der Waals surface area contributed by atoms with E-state index in [0.717, 1.165) is 6.42 Å². The first-order valence-corrected chi connectivity index (χ1v) is 4.02. The van der Waals surface area contributed by atoms with Crippen LogP contribution >= 0.6 is 0 Å². The van der Waals surface area contributed by atoms with E-state index in [1.54, 1.807) is 0 Å². The second kappa shape index (κ2) is 7.29. The maximum absolute atomic E-state index is 4.50. The van der Waals surface area contributed by atoms with Crippen molar-refractivity contribution in [2.24, 2.45) is 5.73 Å². The monoisotopic (exact) mass is 151 g/mol. The Morgan fingerprint density at radius 1 is 1.27 bits per heavy atom. The van der Waals surface area contributed by atoms with Gasteiger partial charge in [-0.15, -0.1) is 0 Å². The molecule has 11 heavy (non-hydrogen) atoms. The van der Waals surface area contributed by atoms with Gasteiger partial charge in [0.25, 0.3) is 0 Å². The summed E-state index contributed by atoms with van der Waals surface area (Å²) < 4.78 is 0. The zero-order valence-corrected chi connectivity index (χ0v) is 7.38. The minimum Gasteiger partial charge on any atom is -0.333 e. The fraction of sp³-hybridized carbons (Fsp3) is 0.400. The highest BCUT2D eigenvalue weighted by atomic mass is 14.4. The summed E-state index contributed by atoms with van der Waals surface area (Å²) in [7, 11) is 1.50. The molecule has 1 aliphatic rings. The van der Waals surface area contributed by atoms with E-state index in [-0.39, 0.29) is 0 Å². The van der Waals surface area contributed by atoms with Gasteiger partial charge in [-0.05, 0) is 19.9 Å². The highest BCUT2D eigenvalue weighted by molar-refractivity contribution is 5.22. The van der Waals surface area contributed by atoms with Crippen LogP contribution in [-0.2, 0) is 0 Å². The van der Waals surface area contributed by atoms with Gasteiger partial charge in [-0.25, -0.2) is 0 Å².